The van der Waals surface area contributed by atoms with Crippen molar-refractivity contribution < 1.29 is 0 Å². The second-order valence-corrected chi connectivity index (χ2v) is 18.7. The Kier molecular flexibility index (Phi) is 11.6. The molecule has 13 rings (SSSR count). The molecule has 3 nitrogen and oxygen atoms in total. The second-order valence-electron chi connectivity index (χ2n) is 18.7. The summed E-state index contributed by atoms with van der Waals surface area (Å²) in [5.41, 5.74) is 22.6. The van der Waals surface area contributed by atoms with E-state index >= 15 is 0 Å². The van der Waals surface area contributed by atoms with Crippen LogP contribution in [0.1, 0.15) is 0 Å². The van der Waals surface area contributed by atoms with Crippen molar-refractivity contribution in [2.75, 3.05) is 4.90 Å². The van der Waals surface area contributed by atoms with Crippen molar-refractivity contribution in [3.63, 3.8) is 0 Å². The Bertz CT molecular complexity index is 3940. The molecule has 0 saturated carbocycles. The highest BCUT2D eigenvalue weighted by atomic mass is 15.2. The molecule has 2 heterocycles. The maximum atomic E-state index is 5.48. The molecule has 74 heavy (non-hydrogen) atoms. The van der Waals surface area contributed by atoms with Gasteiger partial charge in [-0.3, -0.25) is 0 Å². The predicted molar refractivity (Wildman–Crippen MR) is 311 cm³/mol. The van der Waals surface area contributed by atoms with Gasteiger partial charge in [-0.2, -0.15) is 5.10 Å². The van der Waals surface area contributed by atoms with Crippen molar-refractivity contribution in [3.8, 4) is 89.3 Å². The molecule has 0 radical (unpaired) electrons. The Balaban J connectivity index is 0.825. The first kappa shape index (κ1) is 44.1. The van der Waals surface area contributed by atoms with E-state index in [1.54, 1.807) is 0 Å². The Morgan fingerprint density at radius 2 is 0.608 bits per heavy atom. The van der Waals surface area contributed by atoms with Gasteiger partial charge in [-0.25, -0.2) is 4.52 Å². The first-order chi connectivity index (χ1) is 36.7. The van der Waals surface area contributed by atoms with Crippen LogP contribution >= 0.6 is 0 Å². The van der Waals surface area contributed by atoms with Gasteiger partial charge in [-0.1, -0.05) is 255 Å². The SMILES string of the molecule is c1ccc(-c2ccc(N(c3ccc(-c4ccccc4)cc3)c3ccc(-c4ccc(-c5ccc(-c6cccc7cc(-c8ccccc8)n8nc(-c9ccccc9)c(-c9ccccc9)c8c67)cc5)cc4)cc3)cc2)cc1. The van der Waals surface area contributed by atoms with Crippen molar-refractivity contribution in [2.45, 2.75) is 0 Å². The van der Waals surface area contributed by atoms with E-state index in [4.69, 9.17) is 5.10 Å². The summed E-state index contributed by atoms with van der Waals surface area (Å²) in [6, 6.07) is 107. The van der Waals surface area contributed by atoms with Crippen LogP contribution in [0.4, 0.5) is 17.1 Å². The van der Waals surface area contributed by atoms with E-state index in [1.807, 2.05) is 0 Å². The molecule has 348 valence electrons. The molecule has 0 N–H and O–H groups in total. The van der Waals surface area contributed by atoms with Crippen LogP contribution in [0.15, 0.2) is 297 Å². The highest BCUT2D eigenvalue weighted by molar-refractivity contribution is 6.14. The summed E-state index contributed by atoms with van der Waals surface area (Å²) in [7, 11) is 0. The molecule has 0 amide bonds. The summed E-state index contributed by atoms with van der Waals surface area (Å²) in [5.74, 6) is 0. The molecule has 0 spiro atoms. The van der Waals surface area contributed by atoms with Gasteiger partial charge in [0.1, 0.15) is 5.69 Å². The lowest BCUT2D eigenvalue weighted by atomic mass is 9.92. The molecular weight excluding hydrogens is 895 g/mol. The molecular formula is C71H49N3. The number of fused-ring (bicyclic) bond motifs is 3. The molecule has 0 atom stereocenters. The maximum Gasteiger partial charge on any atom is 0.101 e. The van der Waals surface area contributed by atoms with Gasteiger partial charge < -0.3 is 4.90 Å². The van der Waals surface area contributed by atoms with Crippen molar-refractivity contribution in [1.82, 2.24) is 9.61 Å². The number of aromatic nitrogens is 2. The molecule has 0 saturated heterocycles. The van der Waals surface area contributed by atoms with Crippen LogP contribution in [0.5, 0.6) is 0 Å². The van der Waals surface area contributed by atoms with Crippen LogP contribution in [0.25, 0.3) is 106 Å². The van der Waals surface area contributed by atoms with Gasteiger partial charge in [-0.15, -0.1) is 0 Å². The van der Waals surface area contributed by atoms with Gasteiger partial charge in [0, 0.05) is 39.1 Å². The normalized spacial score (nSPS) is 11.2. The molecule has 0 aliphatic rings. The molecule has 0 aliphatic heterocycles. The van der Waals surface area contributed by atoms with Crippen molar-refractivity contribution in [2.24, 2.45) is 0 Å². The van der Waals surface area contributed by atoms with E-state index < -0.39 is 0 Å². The third-order valence-corrected chi connectivity index (χ3v) is 14.3. The van der Waals surface area contributed by atoms with Crippen LogP contribution in [-0.4, -0.2) is 9.61 Å². The van der Waals surface area contributed by atoms with Gasteiger partial charge >= 0.3 is 0 Å². The number of benzene rings is 11. The average Bonchev–Trinajstić information content (AvgIpc) is 3.95. The fraction of sp³-hybridized carbons (Fsp3) is 0. The topological polar surface area (TPSA) is 20.5 Å². The van der Waals surface area contributed by atoms with Gasteiger partial charge in [0.05, 0.1) is 11.2 Å². The predicted octanol–water partition coefficient (Wildman–Crippen LogP) is 19.3. The lowest BCUT2D eigenvalue weighted by Crippen LogP contribution is -2.09. The van der Waals surface area contributed by atoms with E-state index in [1.165, 1.54) is 55.3 Å². The Labute approximate surface area is 432 Å². The highest BCUT2D eigenvalue weighted by Gasteiger charge is 2.23. The molecule has 3 heteroatoms. The van der Waals surface area contributed by atoms with Crippen LogP contribution in [-0.2, 0) is 0 Å². The van der Waals surface area contributed by atoms with Crippen molar-refractivity contribution in [3.05, 3.63) is 297 Å². The third kappa shape index (κ3) is 8.42. The zero-order chi connectivity index (χ0) is 49.2. The Morgan fingerprint density at radius 3 is 1.03 bits per heavy atom. The summed E-state index contributed by atoms with van der Waals surface area (Å²) < 4.78 is 2.18. The van der Waals surface area contributed by atoms with E-state index in [9.17, 15) is 0 Å². The summed E-state index contributed by atoms with van der Waals surface area (Å²) in [6.07, 6.45) is 0. The molecule has 13 aromatic rings. The summed E-state index contributed by atoms with van der Waals surface area (Å²) >= 11 is 0. The van der Waals surface area contributed by atoms with E-state index in [0.29, 0.717) is 0 Å². The average molecular weight is 944 g/mol. The number of pyridine rings is 1. The molecule has 11 aromatic carbocycles. The van der Waals surface area contributed by atoms with Gasteiger partial charge in [-0.05, 0) is 109 Å². The van der Waals surface area contributed by atoms with Crippen LogP contribution in [0.2, 0.25) is 0 Å². The monoisotopic (exact) mass is 943 g/mol. The van der Waals surface area contributed by atoms with Gasteiger partial charge in [0.15, 0.2) is 0 Å². The minimum atomic E-state index is 0.961. The Morgan fingerprint density at radius 1 is 0.270 bits per heavy atom. The number of nitrogens with zero attached hydrogens (tertiary/aromatic N) is 3. The first-order valence-corrected chi connectivity index (χ1v) is 25.3. The standard InChI is InChI=1S/C71H49N3/c1-6-17-50(18-7-1)55-37-43-63(44-38-55)73(64-45-39-56(40-46-64)51-19-8-2-9-20-51)65-47-41-57(42-48-65)53-31-29-52(30-32-53)54-33-35-58(36-34-54)66-28-16-27-62-49-67(59-21-10-3-11-22-59)74-71(68(62)66)69(60-23-12-4-13-24-60)70(72-74)61-25-14-5-15-26-61/h1-49H. The van der Waals surface area contributed by atoms with Gasteiger partial charge in [0.25, 0.3) is 0 Å². The lowest BCUT2D eigenvalue weighted by Gasteiger charge is -2.26. The van der Waals surface area contributed by atoms with E-state index in [2.05, 4.69) is 307 Å². The van der Waals surface area contributed by atoms with E-state index in [0.717, 1.165) is 67.3 Å². The quantitative estimate of drug-likeness (QED) is 0.129. The first-order valence-electron chi connectivity index (χ1n) is 25.3. The number of anilines is 3. The van der Waals surface area contributed by atoms with Crippen LogP contribution < -0.4 is 4.90 Å². The lowest BCUT2D eigenvalue weighted by molar-refractivity contribution is 0.980. The number of hydrogen-bond donors (Lipinski definition) is 0. The number of hydrogen-bond acceptors (Lipinski definition) is 2. The summed E-state index contributed by atoms with van der Waals surface area (Å²) in [6.45, 7) is 0. The smallest absolute Gasteiger partial charge is 0.101 e. The molecule has 2 aromatic heterocycles. The number of rotatable bonds is 11. The minimum absolute atomic E-state index is 0.961. The highest BCUT2D eigenvalue weighted by Crippen LogP contribution is 2.44. The molecule has 0 unspecified atom stereocenters. The fourth-order valence-electron chi connectivity index (χ4n) is 10.5. The molecule has 0 bridgehead atoms. The van der Waals surface area contributed by atoms with Crippen LogP contribution in [0, 0.1) is 0 Å². The Hall–Kier alpha value is -9.83. The third-order valence-electron chi connectivity index (χ3n) is 14.3. The van der Waals surface area contributed by atoms with Crippen molar-refractivity contribution in [1.29, 1.82) is 0 Å². The van der Waals surface area contributed by atoms with Crippen molar-refractivity contribution >= 4 is 33.4 Å². The largest absolute Gasteiger partial charge is 0.311 e. The van der Waals surface area contributed by atoms with E-state index in [-0.39, 0.29) is 0 Å². The minimum Gasteiger partial charge on any atom is -0.311 e. The fourth-order valence-corrected chi connectivity index (χ4v) is 10.5. The van der Waals surface area contributed by atoms with Crippen LogP contribution in [0.3, 0.4) is 0 Å². The molecule has 0 aliphatic carbocycles. The van der Waals surface area contributed by atoms with Gasteiger partial charge in [0.2, 0.25) is 0 Å². The summed E-state index contributed by atoms with van der Waals surface area (Å²) in [5, 5.41) is 7.82. The second kappa shape index (κ2) is 19.4. The zero-order valence-electron chi connectivity index (χ0n) is 40.6. The maximum absolute atomic E-state index is 5.48. The summed E-state index contributed by atoms with van der Waals surface area (Å²) in [4.78, 5) is 2.34. The zero-order valence-corrected chi connectivity index (χ0v) is 40.6. The molecule has 0 fully saturated rings.